The van der Waals surface area contributed by atoms with Crippen LogP contribution in [0.25, 0.3) is 0 Å². The third-order valence-corrected chi connectivity index (χ3v) is 1.72. The van der Waals surface area contributed by atoms with E-state index in [9.17, 15) is 22.0 Å². The molecule has 0 aliphatic heterocycles. The van der Waals surface area contributed by atoms with Gasteiger partial charge in [0.25, 0.3) is 0 Å². The summed E-state index contributed by atoms with van der Waals surface area (Å²) in [7, 11) is 0. The van der Waals surface area contributed by atoms with Crippen LogP contribution in [0.4, 0.5) is 22.0 Å². The fraction of sp³-hybridized carbons (Fsp3) is 0.333. The number of para-hydroxylation sites is 1. The van der Waals surface area contributed by atoms with Crippen molar-refractivity contribution in [1.29, 1.82) is 0 Å². The highest BCUT2D eigenvalue weighted by Gasteiger charge is 2.35. The summed E-state index contributed by atoms with van der Waals surface area (Å²) in [6.45, 7) is -2.00. The van der Waals surface area contributed by atoms with E-state index in [1.165, 1.54) is 13.0 Å². The number of benzene rings is 1. The van der Waals surface area contributed by atoms with Crippen LogP contribution in [0.3, 0.4) is 0 Å². The van der Waals surface area contributed by atoms with Gasteiger partial charge < -0.3 is 4.74 Å². The maximum atomic E-state index is 12.4. The fourth-order valence-corrected chi connectivity index (χ4v) is 1.12. The number of halogens is 5. The van der Waals surface area contributed by atoms with Crippen LogP contribution in [-0.4, -0.2) is 6.61 Å². The van der Waals surface area contributed by atoms with Gasteiger partial charge in [-0.05, 0) is 18.6 Å². The van der Waals surface area contributed by atoms with E-state index in [2.05, 4.69) is 4.74 Å². The van der Waals surface area contributed by atoms with Crippen molar-refractivity contribution >= 4 is 0 Å². The molecule has 0 radical (unpaired) electrons. The number of aryl methyl sites for hydroxylation is 1. The van der Waals surface area contributed by atoms with Gasteiger partial charge in [0.2, 0.25) is 0 Å². The van der Waals surface area contributed by atoms with Crippen molar-refractivity contribution in [2.45, 2.75) is 19.7 Å². The molecule has 0 bridgehead atoms. The minimum absolute atomic E-state index is 0.0186. The Morgan fingerprint density at radius 2 is 1.80 bits per heavy atom. The van der Waals surface area contributed by atoms with Crippen LogP contribution in [0.2, 0.25) is 0 Å². The molecule has 0 amide bonds. The quantitative estimate of drug-likeness (QED) is 0.700. The Morgan fingerprint density at radius 3 is 2.27 bits per heavy atom. The first-order valence-corrected chi connectivity index (χ1v) is 3.94. The highest BCUT2D eigenvalue weighted by atomic mass is 19.4. The molecule has 0 fully saturated rings. The van der Waals surface area contributed by atoms with Gasteiger partial charge in [-0.25, -0.2) is 0 Å². The summed E-state index contributed by atoms with van der Waals surface area (Å²) in [4.78, 5) is 0. The molecule has 1 nitrogen and oxygen atoms in total. The molecule has 0 aliphatic carbocycles. The third kappa shape index (κ3) is 2.81. The highest BCUT2D eigenvalue weighted by Crippen LogP contribution is 2.38. The Hall–Kier alpha value is -1.33. The summed E-state index contributed by atoms with van der Waals surface area (Å²) in [5, 5.41) is 0. The Balaban J connectivity index is 3.21. The van der Waals surface area contributed by atoms with Crippen molar-refractivity contribution < 1.29 is 26.7 Å². The van der Waals surface area contributed by atoms with Crippen LogP contribution in [0, 0.1) is 6.92 Å². The van der Waals surface area contributed by atoms with E-state index in [4.69, 9.17) is 0 Å². The Kier molecular flexibility index (Phi) is 3.16. The molecule has 0 aliphatic rings. The van der Waals surface area contributed by atoms with Crippen LogP contribution in [0.5, 0.6) is 5.75 Å². The molecule has 0 saturated carbocycles. The fourth-order valence-electron chi connectivity index (χ4n) is 1.12. The number of rotatable bonds is 2. The largest absolute Gasteiger partial charge is 0.434 e. The molecule has 0 unspecified atom stereocenters. The Labute approximate surface area is 82.5 Å². The first-order chi connectivity index (χ1) is 6.82. The molecule has 1 aromatic carbocycles. The maximum Gasteiger partial charge on any atom is 0.419 e. The summed E-state index contributed by atoms with van der Waals surface area (Å²) >= 11 is 0. The lowest BCUT2D eigenvalue weighted by Gasteiger charge is -2.15. The van der Waals surface area contributed by atoms with Crippen LogP contribution in [0.15, 0.2) is 18.2 Å². The minimum atomic E-state index is -4.70. The molecule has 1 aromatic rings. The SMILES string of the molecule is Cc1cccc(C(F)(F)F)c1OC(F)F. The lowest BCUT2D eigenvalue weighted by atomic mass is 10.1. The van der Waals surface area contributed by atoms with Gasteiger partial charge >= 0.3 is 12.8 Å². The zero-order chi connectivity index (χ0) is 11.6. The van der Waals surface area contributed by atoms with Gasteiger partial charge in [0.1, 0.15) is 5.75 Å². The van der Waals surface area contributed by atoms with Gasteiger partial charge in [0.15, 0.2) is 0 Å². The summed E-state index contributed by atoms with van der Waals surface area (Å²) in [6, 6.07) is 3.11. The molecule has 0 atom stereocenters. The van der Waals surface area contributed by atoms with Gasteiger partial charge in [0.05, 0.1) is 5.56 Å². The average Bonchev–Trinajstić information content (AvgIpc) is 2.05. The summed E-state index contributed by atoms with van der Waals surface area (Å²) < 4.78 is 64.7. The number of ether oxygens (including phenoxy) is 1. The molecular formula is C9H7F5O. The Morgan fingerprint density at radius 1 is 1.20 bits per heavy atom. The molecule has 0 heterocycles. The zero-order valence-electron chi connectivity index (χ0n) is 7.61. The van der Waals surface area contributed by atoms with Gasteiger partial charge in [-0.3, -0.25) is 0 Å². The number of hydrogen-bond acceptors (Lipinski definition) is 1. The smallest absolute Gasteiger partial charge is 0.419 e. The van der Waals surface area contributed by atoms with Crippen molar-refractivity contribution in [3.63, 3.8) is 0 Å². The number of alkyl halides is 5. The molecule has 15 heavy (non-hydrogen) atoms. The van der Waals surface area contributed by atoms with E-state index in [0.29, 0.717) is 6.07 Å². The first kappa shape index (κ1) is 11.7. The highest BCUT2D eigenvalue weighted by molar-refractivity contribution is 5.42. The lowest BCUT2D eigenvalue weighted by Crippen LogP contribution is -2.12. The molecule has 6 heteroatoms. The van der Waals surface area contributed by atoms with Crippen LogP contribution in [-0.2, 0) is 6.18 Å². The topological polar surface area (TPSA) is 9.23 Å². The average molecular weight is 226 g/mol. The number of hydrogen-bond donors (Lipinski definition) is 0. The summed E-state index contributed by atoms with van der Waals surface area (Å²) in [5.74, 6) is -0.819. The van der Waals surface area contributed by atoms with Gasteiger partial charge in [-0.1, -0.05) is 12.1 Å². The second-order valence-corrected chi connectivity index (χ2v) is 2.83. The Bertz CT molecular complexity index is 345. The molecule has 0 saturated heterocycles. The summed E-state index contributed by atoms with van der Waals surface area (Å²) in [5.41, 5.74) is -1.17. The molecule has 0 N–H and O–H groups in total. The van der Waals surface area contributed by atoms with Crippen molar-refractivity contribution in [2.24, 2.45) is 0 Å². The third-order valence-electron chi connectivity index (χ3n) is 1.72. The normalized spacial score (nSPS) is 11.9. The lowest BCUT2D eigenvalue weighted by molar-refractivity contribution is -0.142. The van der Waals surface area contributed by atoms with E-state index < -0.39 is 24.1 Å². The van der Waals surface area contributed by atoms with Gasteiger partial charge in [-0.15, -0.1) is 0 Å². The minimum Gasteiger partial charge on any atom is -0.434 e. The van der Waals surface area contributed by atoms with Crippen molar-refractivity contribution in [2.75, 3.05) is 0 Å². The predicted octanol–water partition coefficient (Wildman–Crippen LogP) is 3.62. The monoisotopic (exact) mass is 226 g/mol. The standard InChI is InChI=1S/C9H7F5O/c1-5-3-2-4-6(9(12,13)14)7(5)15-8(10)11/h2-4,8H,1H3. The molecule has 0 spiro atoms. The van der Waals surface area contributed by atoms with Crippen molar-refractivity contribution in [1.82, 2.24) is 0 Å². The molecule has 1 rings (SSSR count). The second-order valence-electron chi connectivity index (χ2n) is 2.83. The van der Waals surface area contributed by atoms with Gasteiger partial charge in [-0.2, -0.15) is 22.0 Å². The van der Waals surface area contributed by atoms with Crippen molar-refractivity contribution in [3.8, 4) is 5.75 Å². The van der Waals surface area contributed by atoms with Crippen molar-refractivity contribution in [3.05, 3.63) is 29.3 Å². The molecular weight excluding hydrogens is 219 g/mol. The van der Waals surface area contributed by atoms with E-state index in [0.717, 1.165) is 6.07 Å². The molecule has 0 aromatic heterocycles. The maximum absolute atomic E-state index is 12.4. The molecule has 84 valence electrons. The van der Waals surface area contributed by atoms with E-state index >= 15 is 0 Å². The van der Waals surface area contributed by atoms with E-state index in [1.54, 1.807) is 0 Å². The van der Waals surface area contributed by atoms with Gasteiger partial charge in [0, 0.05) is 0 Å². The van der Waals surface area contributed by atoms with Crippen LogP contribution in [0.1, 0.15) is 11.1 Å². The predicted molar refractivity (Wildman–Crippen MR) is 42.8 cm³/mol. The second kappa shape index (κ2) is 4.04. The first-order valence-electron chi connectivity index (χ1n) is 3.94. The van der Waals surface area contributed by atoms with E-state index in [-0.39, 0.29) is 5.56 Å². The van der Waals surface area contributed by atoms with Crippen LogP contribution >= 0.6 is 0 Å². The summed E-state index contributed by atoms with van der Waals surface area (Å²) in [6.07, 6.45) is -4.70. The van der Waals surface area contributed by atoms with Crippen LogP contribution < -0.4 is 4.74 Å². The van der Waals surface area contributed by atoms with E-state index in [1.807, 2.05) is 0 Å². The zero-order valence-corrected chi connectivity index (χ0v) is 7.61.